The fourth-order valence-electron chi connectivity index (χ4n) is 1.91. The first-order valence-corrected chi connectivity index (χ1v) is 6.39. The maximum absolute atomic E-state index is 12.2. The molecule has 128 valence electrons. The van der Waals surface area contributed by atoms with Crippen molar-refractivity contribution < 1.29 is 49.4 Å². The number of hydrogen-bond donors (Lipinski definition) is 5. The second-order valence-electron chi connectivity index (χ2n) is 4.48. The Morgan fingerprint density at radius 2 is 1.91 bits per heavy atom. The summed E-state index contributed by atoms with van der Waals surface area (Å²) in [6, 6.07) is 0. The van der Waals surface area contributed by atoms with Crippen molar-refractivity contribution in [3.63, 3.8) is 0 Å². The van der Waals surface area contributed by atoms with Gasteiger partial charge in [0.2, 0.25) is 17.3 Å². The van der Waals surface area contributed by atoms with Crippen LogP contribution < -0.4 is 0 Å². The average Bonchev–Trinajstić information content (AvgIpc) is 2.78. The van der Waals surface area contributed by atoms with Crippen LogP contribution in [-0.4, -0.2) is 74.3 Å². The summed E-state index contributed by atoms with van der Waals surface area (Å²) in [5.41, 5.74) is -2.87. The van der Waals surface area contributed by atoms with Crippen molar-refractivity contribution in [3.8, 4) is 0 Å². The van der Waals surface area contributed by atoms with Crippen LogP contribution in [0, 0.1) is 0 Å². The molecule has 0 bridgehead atoms. The number of allylic oxidation sites excluding steroid dienone is 1. The number of rotatable bonds is 7. The molecule has 0 amide bonds. The first kappa shape index (κ1) is 18.8. The minimum atomic E-state index is -2.87. The summed E-state index contributed by atoms with van der Waals surface area (Å²) in [4.78, 5) is 35.3. The molecule has 1 rings (SSSR count). The number of ether oxygens (including phenoxy) is 2. The zero-order valence-electron chi connectivity index (χ0n) is 12.0. The fourth-order valence-corrected chi connectivity index (χ4v) is 1.91. The van der Waals surface area contributed by atoms with Crippen LogP contribution in [0.4, 0.5) is 0 Å². The molecule has 10 heteroatoms. The normalized spacial score (nSPS) is 23.8. The molecule has 0 saturated heterocycles. The molecule has 1 heterocycles. The van der Waals surface area contributed by atoms with Gasteiger partial charge < -0.3 is 35.0 Å². The lowest BCUT2D eigenvalue weighted by Crippen LogP contribution is -2.58. The summed E-state index contributed by atoms with van der Waals surface area (Å²) in [5.74, 6) is -6.48. The van der Waals surface area contributed by atoms with Gasteiger partial charge in [0.1, 0.15) is 12.2 Å². The summed E-state index contributed by atoms with van der Waals surface area (Å²) in [6.45, 7) is -0.787. The molecular weight excluding hydrogens is 316 g/mol. The molecule has 3 atom stereocenters. The van der Waals surface area contributed by atoms with Crippen LogP contribution in [0.3, 0.4) is 0 Å². The topological polar surface area (TPSA) is 171 Å². The van der Waals surface area contributed by atoms with E-state index in [1.807, 2.05) is 0 Å². The lowest BCUT2D eigenvalue weighted by atomic mass is 9.87. The standard InChI is InChI=1S/C13H16O10/c1-2-3-8(18)22-11-9(19)12(21)23-13(11,7(17)5-15)10(20)6(16)4-14/h2-3,6-7,14-17,19H,4-5H2,1H3/b3-2+/t6?,7-,13-/m0/s1. The van der Waals surface area contributed by atoms with Gasteiger partial charge in [-0.25, -0.2) is 9.59 Å². The van der Waals surface area contributed by atoms with Gasteiger partial charge in [0, 0.05) is 6.08 Å². The number of carbonyl (C=O) groups is 3. The lowest BCUT2D eigenvalue weighted by Gasteiger charge is -2.32. The van der Waals surface area contributed by atoms with Gasteiger partial charge in [0.15, 0.2) is 0 Å². The molecule has 0 aliphatic carbocycles. The Morgan fingerprint density at radius 1 is 1.30 bits per heavy atom. The predicted octanol–water partition coefficient (Wildman–Crippen LogP) is -2.55. The molecule has 0 aromatic carbocycles. The molecule has 5 N–H and O–H groups in total. The van der Waals surface area contributed by atoms with Gasteiger partial charge in [-0.1, -0.05) is 6.08 Å². The van der Waals surface area contributed by atoms with Crippen LogP contribution in [-0.2, 0) is 23.9 Å². The van der Waals surface area contributed by atoms with Gasteiger partial charge in [0.25, 0.3) is 5.60 Å². The minimum Gasteiger partial charge on any atom is -0.499 e. The number of Topliss-reactive ketones (excluding diaryl/α,β-unsaturated/α-hetero) is 1. The highest BCUT2D eigenvalue weighted by Crippen LogP contribution is 2.37. The molecule has 0 radical (unpaired) electrons. The van der Waals surface area contributed by atoms with Crippen molar-refractivity contribution in [1.29, 1.82) is 0 Å². The Morgan fingerprint density at radius 3 is 2.39 bits per heavy atom. The number of aliphatic hydroxyl groups is 5. The van der Waals surface area contributed by atoms with Gasteiger partial charge in [-0.3, -0.25) is 4.79 Å². The first-order chi connectivity index (χ1) is 10.8. The molecule has 1 aliphatic rings. The van der Waals surface area contributed by atoms with Crippen molar-refractivity contribution in [3.05, 3.63) is 23.7 Å². The molecular formula is C13H16O10. The summed E-state index contributed by atoms with van der Waals surface area (Å²) in [7, 11) is 0. The minimum absolute atomic E-state index is 0.881. The van der Waals surface area contributed by atoms with Gasteiger partial charge in [0.05, 0.1) is 13.2 Å². The highest BCUT2D eigenvalue weighted by atomic mass is 16.6. The molecule has 23 heavy (non-hydrogen) atoms. The van der Waals surface area contributed by atoms with E-state index in [-0.39, 0.29) is 0 Å². The summed E-state index contributed by atoms with van der Waals surface area (Å²) >= 11 is 0. The largest absolute Gasteiger partial charge is 0.499 e. The van der Waals surface area contributed by atoms with Crippen molar-refractivity contribution in [2.75, 3.05) is 13.2 Å². The number of carbonyl (C=O) groups excluding carboxylic acids is 3. The van der Waals surface area contributed by atoms with Crippen LogP contribution in [0.2, 0.25) is 0 Å². The van der Waals surface area contributed by atoms with Crippen molar-refractivity contribution >= 4 is 17.7 Å². The molecule has 0 fully saturated rings. The monoisotopic (exact) mass is 332 g/mol. The zero-order chi connectivity index (χ0) is 17.8. The smallest absolute Gasteiger partial charge is 0.378 e. The zero-order valence-corrected chi connectivity index (χ0v) is 12.0. The molecule has 0 aromatic heterocycles. The Labute approximate surface area is 129 Å². The second kappa shape index (κ2) is 7.33. The SMILES string of the molecule is C/C=C/C(=O)OC1=C(O)C(=O)O[C@]1(C(=O)C(O)CO)[C@@H](O)CO. The molecule has 0 spiro atoms. The summed E-state index contributed by atoms with van der Waals surface area (Å²) < 4.78 is 9.26. The van der Waals surface area contributed by atoms with Gasteiger partial charge in [-0.15, -0.1) is 0 Å². The number of cyclic esters (lactones) is 1. The van der Waals surface area contributed by atoms with E-state index in [2.05, 4.69) is 9.47 Å². The third-order valence-corrected chi connectivity index (χ3v) is 2.99. The van der Waals surface area contributed by atoms with E-state index in [4.69, 9.17) is 10.2 Å². The Balaban J connectivity index is 3.45. The van der Waals surface area contributed by atoms with E-state index in [0.717, 1.165) is 6.08 Å². The Hall–Kier alpha value is -2.27. The third-order valence-electron chi connectivity index (χ3n) is 2.99. The van der Waals surface area contributed by atoms with Gasteiger partial charge in [-0.05, 0) is 6.92 Å². The van der Waals surface area contributed by atoms with E-state index in [9.17, 15) is 29.7 Å². The number of aliphatic hydroxyl groups excluding tert-OH is 5. The number of hydrogen-bond acceptors (Lipinski definition) is 10. The highest BCUT2D eigenvalue weighted by Gasteiger charge is 2.62. The van der Waals surface area contributed by atoms with E-state index in [1.54, 1.807) is 0 Å². The Kier molecular flexibility index (Phi) is 5.98. The van der Waals surface area contributed by atoms with Crippen LogP contribution in [0.25, 0.3) is 0 Å². The maximum Gasteiger partial charge on any atom is 0.378 e. The summed E-state index contributed by atoms with van der Waals surface area (Å²) in [5, 5.41) is 47.0. The van der Waals surface area contributed by atoms with Gasteiger partial charge >= 0.3 is 11.9 Å². The van der Waals surface area contributed by atoms with Crippen molar-refractivity contribution in [2.24, 2.45) is 0 Å². The molecule has 1 aliphatic heterocycles. The van der Waals surface area contributed by atoms with E-state index >= 15 is 0 Å². The quantitative estimate of drug-likeness (QED) is 0.247. The lowest BCUT2D eigenvalue weighted by molar-refractivity contribution is -0.180. The third kappa shape index (κ3) is 3.24. The maximum atomic E-state index is 12.2. The molecule has 0 saturated carbocycles. The van der Waals surface area contributed by atoms with E-state index in [1.165, 1.54) is 13.0 Å². The molecule has 10 nitrogen and oxygen atoms in total. The molecule has 0 aromatic rings. The van der Waals surface area contributed by atoms with E-state index < -0.39 is 60.3 Å². The van der Waals surface area contributed by atoms with E-state index in [0.29, 0.717) is 0 Å². The number of esters is 2. The van der Waals surface area contributed by atoms with Crippen molar-refractivity contribution in [2.45, 2.75) is 24.7 Å². The fraction of sp³-hybridized carbons (Fsp3) is 0.462. The van der Waals surface area contributed by atoms with Crippen molar-refractivity contribution in [1.82, 2.24) is 0 Å². The van der Waals surface area contributed by atoms with Gasteiger partial charge in [-0.2, -0.15) is 0 Å². The predicted molar refractivity (Wildman–Crippen MR) is 70.6 cm³/mol. The van der Waals surface area contributed by atoms with Crippen LogP contribution in [0.5, 0.6) is 0 Å². The second-order valence-corrected chi connectivity index (χ2v) is 4.48. The van der Waals surface area contributed by atoms with Crippen LogP contribution >= 0.6 is 0 Å². The number of ketones is 1. The summed E-state index contributed by atoms with van der Waals surface area (Å²) in [6.07, 6.45) is -2.17. The Bertz CT molecular complexity index is 563. The molecule has 1 unspecified atom stereocenters. The van der Waals surface area contributed by atoms with Crippen LogP contribution in [0.15, 0.2) is 23.7 Å². The van der Waals surface area contributed by atoms with Crippen LogP contribution in [0.1, 0.15) is 6.92 Å². The highest BCUT2D eigenvalue weighted by molar-refractivity contribution is 6.04. The first-order valence-electron chi connectivity index (χ1n) is 6.39. The average molecular weight is 332 g/mol.